The van der Waals surface area contributed by atoms with Gasteiger partial charge in [-0.05, 0) is 66.9 Å². The summed E-state index contributed by atoms with van der Waals surface area (Å²) in [6, 6.07) is 15.7. The molecule has 0 unspecified atom stereocenters. The van der Waals surface area contributed by atoms with Crippen LogP contribution in [0.15, 0.2) is 48.7 Å². The number of rotatable bonds is 3. The SMILES string of the molecule is Cc1cc(-c2ccc3nc(C)n(Cc4cc(Cl)ccc4Cl)c3c2)cnc1C#N. The second-order valence-corrected chi connectivity index (χ2v) is 7.53. The van der Waals surface area contributed by atoms with Gasteiger partial charge in [0.2, 0.25) is 0 Å². The molecule has 0 atom stereocenters. The number of hydrogen-bond acceptors (Lipinski definition) is 3. The Morgan fingerprint density at radius 3 is 2.61 bits per heavy atom. The van der Waals surface area contributed by atoms with E-state index in [1.54, 1.807) is 12.3 Å². The predicted octanol–water partition coefficient (Wildman–Crippen LogP) is 5.94. The number of nitrogens with zero attached hydrogens (tertiary/aromatic N) is 4. The van der Waals surface area contributed by atoms with Gasteiger partial charge < -0.3 is 4.57 Å². The molecule has 0 spiro atoms. The Kier molecular flexibility index (Phi) is 4.80. The molecule has 0 saturated heterocycles. The van der Waals surface area contributed by atoms with E-state index < -0.39 is 0 Å². The molecule has 2 aromatic carbocycles. The van der Waals surface area contributed by atoms with Crippen molar-refractivity contribution >= 4 is 34.2 Å². The van der Waals surface area contributed by atoms with Crippen LogP contribution in [-0.2, 0) is 6.54 Å². The largest absolute Gasteiger partial charge is 0.324 e. The first-order chi connectivity index (χ1) is 13.5. The van der Waals surface area contributed by atoms with Crippen molar-refractivity contribution in [1.82, 2.24) is 14.5 Å². The van der Waals surface area contributed by atoms with Gasteiger partial charge in [0.05, 0.1) is 17.6 Å². The number of halogens is 2. The highest BCUT2D eigenvalue weighted by Crippen LogP contribution is 2.28. The molecule has 0 aliphatic carbocycles. The minimum Gasteiger partial charge on any atom is -0.324 e. The van der Waals surface area contributed by atoms with Crippen molar-refractivity contribution in [3.05, 3.63) is 81.4 Å². The number of pyridine rings is 1. The Balaban J connectivity index is 1.81. The monoisotopic (exact) mass is 406 g/mol. The van der Waals surface area contributed by atoms with E-state index in [2.05, 4.69) is 26.7 Å². The molecule has 2 heterocycles. The van der Waals surface area contributed by atoms with Crippen molar-refractivity contribution in [2.24, 2.45) is 0 Å². The van der Waals surface area contributed by atoms with Gasteiger partial charge in [-0.15, -0.1) is 0 Å². The number of fused-ring (bicyclic) bond motifs is 1. The van der Waals surface area contributed by atoms with Crippen LogP contribution in [0.4, 0.5) is 0 Å². The third-order valence-corrected chi connectivity index (χ3v) is 5.40. The highest BCUT2D eigenvalue weighted by Gasteiger charge is 2.12. The molecule has 0 radical (unpaired) electrons. The average molecular weight is 407 g/mol. The van der Waals surface area contributed by atoms with Crippen LogP contribution in [0.2, 0.25) is 10.0 Å². The molecule has 0 N–H and O–H groups in total. The van der Waals surface area contributed by atoms with Gasteiger partial charge in [-0.2, -0.15) is 5.26 Å². The fourth-order valence-corrected chi connectivity index (χ4v) is 3.68. The van der Waals surface area contributed by atoms with E-state index in [-0.39, 0.29) is 0 Å². The molecule has 138 valence electrons. The van der Waals surface area contributed by atoms with Crippen molar-refractivity contribution in [2.45, 2.75) is 20.4 Å². The second kappa shape index (κ2) is 7.27. The van der Waals surface area contributed by atoms with E-state index in [0.717, 1.165) is 39.1 Å². The Labute approximate surface area is 173 Å². The number of nitriles is 1. The molecule has 0 aliphatic heterocycles. The molecule has 0 fully saturated rings. The van der Waals surface area contributed by atoms with Gasteiger partial charge in [-0.1, -0.05) is 29.3 Å². The average Bonchev–Trinajstić information content (AvgIpc) is 2.99. The lowest BCUT2D eigenvalue weighted by molar-refractivity contribution is 0.786. The first-order valence-electron chi connectivity index (χ1n) is 8.74. The van der Waals surface area contributed by atoms with E-state index in [1.807, 2.05) is 44.2 Å². The summed E-state index contributed by atoms with van der Waals surface area (Å²) >= 11 is 12.5. The van der Waals surface area contributed by atoms with Crippen LogP contribution in [0.25, 0.3) is 22.2 Å². The number of aromatic nitrogens is 3. The van der Waals surface area contributed by atoms with Crippen molar-refractivity contribution in [3.8, 4) is 17.2 Å². The van der Waals surface area contributed by atoms with Crippen molar-refractivity contribution in [2.75, 3.05) is 0 Å². The molecule has 4 rings (SSSR count). The summed E-state index contributed by atoms with van der Waals surface area (Å²) in [5.74, 6) is 0.900. The maximum absolute atomic E-state index is 9.10. The van der Waals surface area contributed by atoms with E-state index in [1.165, 1.54) is 0 Å². The zero-order valence-electron chi connectivity index (χ0n) is 15.4. The van der Waals surface area contributed by atoms with Crippen molar-refractivity contribution in [1.29, 1.82) is 5.26 Å². The molecule has 6 heteroatoms. The van der Waals surface area contributed by atoms with Crippen LogP contribution < -0.4 is 0 Å². The standard InChI is InChI=1S/C22H16Cl2N4/c1-13-7-16(11-26-21(13)10-25)15-3-6-20-22(9-15)28(14(2)27-20)12-17-8-18(23)4-5-19(17)24/h3-9,11H,12H2,1-2H3. The lowest BCUT2D eigenvalue weighted by Crippen LogP contribution is -2.02. The Bertz CT molecular complexity index is 1250. The van der Waals surface area contributed by atoms with Gasteiger partial charge in [0.1, 0.15) is 17.6 Å². The molecule has 0 saturated carbocycles. The van der Waals surface area contributed by atoms with Crippen LogP contribution in [0.5, 0.6) is 0 Å². The summed E-state index contributed by atoms with van der Waals surface area (Å²) in [5, 5.41) is 10.4. The minimum atomic E-state index is 0.446. The zero-order chi connectivity index (χ0) is 19.8. The quantitative estimate of drug-likeness (QED) is 0.422. The van der Waals surface area contributed by atoms with Gasteiger partial charge in [0.15, 0.2) is 0 Å². The summed E-state index contributed by atoms with van der Waals surface area (Å²) in [6.45, 7) is 4.45. The molecule has 0 aliphatic rings. The first-order valence-corrected chi connectivity index (χ1v) is 9.50. The van der Waals surface area contributed by atoms with E-state index in [9.17, 15) is 0 Å². The highest BCUT2D eigenvalue weighted by molar-refractivity contribution is 6.33. The van der Waals surface area contributed by atoms with E-state index in [0.29, 0.717) is 22.3 Å². The summed E-state index contributed by atoms with van der Waals surface area (Å²) in [5.41, 5.74) is 6.15. The summed E-state index contributed by atoms with van der Waals surface area (Å²) in [4.78, 5) is 8.92. The van der Waals surface area contributed by atoms with Crippen LogP contribution >= 0.6 is 23.2 Å². The van der Waals surface area contributed by atoms with Gasteiger partial charge in [-0.3, -0.25) is 0 Å². The maximum Gasteiger partial charge on any atom is 0.143 e. The lowest BCUT2D eigenvalue weighted by Gasteiger charge is -2.10. The van der Waals surface area contributed by atoms with Crippen LogP contribution in [0.3, 0.4) is 0 Å². The highest BCUT2D eigenvalue weighted by atomic mass is 35.5. The third-order valence-electron chi connectivity index (χ3n) is 4.79. The van der Waals surface area contributed by atoms with Crippen molar-refractivity contribution in [3.63, 3.8) is 0 Å². The Morgan fingerprint density at radius 1 is 1.04 bits per heavy atom. The van der Waals surface area contributed by atoms with Gasteiger partial charge >= 0.3 is 0 Å². The first kappa shape index (κ1) is 18.5. The predicted molar refractivity (Wildman–Crippen MR) is 113 cm³/mol. The summed E-state index contributed by atoms with van der Waals surface area (Å²) < 4.78 is 2.13. The number of aryl methyl sites for hydroxylation is 2. The fraction of sp³-hybridized carbons (Fsp3) is 0.136. The lowest BCUT2D eigenvalue weighted by atomic mass is 10.0. The van der Waals surface area contributed by atoms with Crippen LogP contribution in [0, 0.1) is 25.2 Å². The molecule has 0 bridgehead atoms. The molecule has 0 amide bonds. The third kappa shape index (κ3) is 3.35. The molecular weight excluding hydrogens is 391 g/mol. The number of hydrogen-bond donors (Lipinski definition) is 0. The van der Waals surface area contributed by atoms with E-state index >= 15 is 0 Å². The number of imidazole rings is 1. The Hall–Kier alpha value is -2.87. The zero-order valence-corrected chi connectivity index (χ0v) is 16.9. The van der Waals surface area contributed by atoms with Gasteiger partial charge in [0, 0.05) is 21.8 Å². The minimum absolute atomic E-state index is 0.446. The molecule has 2 aromatic heterocycles. The fourth-order valence-electron chi connectivity index (χ4n) is 3.31. The normalized spacial score (nSPS) is 11.0. The topological polar surface area (TPSA) is 54.5 Å². The smallest absolute Gasteiger partial charge is 0.143 e. The maximum atomic E-state index is 9.10. The van der Waals surface area contributed by atoms with Crippen LogP contribution in [0.1, 0.15) is 22.6 Å². The second-order valence-electron chi connectivity index (χ2n) is 6.69. The van der Waals surface area contributed by atoms with Gasteiger partial charge in [-0.25, -0.2) is 9.97 Å². The molecule has 4 nitrogen and oxygen atoms in total. The summed E-state index contributed by atoms with van der Waals surface area (Å²) in [6.07, 6.45) is 1.73. The molecule has 28 heavy (non-hydrogen) atoms. The van der Waals surface area contributed by atoms with Crippen LogP contribution in [-0.4, -0.2) is 14.5 Å². The van der Waals surface area contributed by atoms with Gasteiger partial charge in [0.25, 0.3) is 0 Å². The van der Waals surface area contributed by atoms with Crippen molar-refractivity contribution < 1.29 is 0 Å². The molecule has 4 aromatic rings. The number of benzene rings is 2. The molecular formula is C22H16Cl2N4. The van der Waals surface area contributed by atoms with E-state index in [4.69, 9.17) is 28.5 Å². The Morgan fingerprint density at radius 2 is 1.86 bits per heavy atom. The summed E-state index contributed by atoms with van der Waals surface area (Å²) in [7, 11) is 0.